The second kappa shape index (κ2) is 5.86. The highest BCUT2D eigenvalue weighted by molar-refractivity contribution is 9.11. The second-order valence-electron chi connectivity index (χ2n) is 3.27. The molecule has 0 saturated heterocycles. The lowest BCUT2D eigenvalue weighted by molar-refractivity contribution is 0.456. The van der Waals surface area contributed by atoms with E-state index in [-0.39, 0.29) is 0 Å². The zero-order valence-electron chi connectivity index (χ0n) is 9.25. The smallest absolute Gasteiger partial charge is 0.238 e. The second-order valence-corrected chi connectivity index (χ2v) is 5.35. The Labute approximate surface area is 126 Å². The third-order valence-corrected chi connectivity index (χ3v) is 3.66. The predicted octanol–water partition coefficient (Wildman–Crippen LogP) is 4.49. The van der Waals surface area contributed by atoms with E-state index in [1.54, 1.807) is 25.2 Å². The van der Waals surface area contributed by atoms with Crippen molar-refractivity contribution in [1.82, 2.24) is 9.97 Å². The lowest BCUT2D eigenvalue weighted by Crippen LogP contribution is -1.97. The summed E-state index contributed by atoms with van der Waals surface area (Å²) in [7, 11) is 1.77. The summed E-state index contributed by atoms with van der Waals surface area (Å²) in [5.41, 5.74) is 0. The van der Waals surface area contributed by atoms with Crippen LogP contribution in [-0.2, 0) is 0 Å². The summed E-state index contributed by atoms with van der Waals surface area (Å²) >= 11 is 12.6. The van der Waals surface area contributed by atoms with Gasteiger partial charge in [-0.15, -0.1) is 0 Å². The third kappa shape index (κ3) is 2.93. The van der Waals surface area contributed by atoms with Crippen LogP contribution in [0.15, 0.2) is 33.5 Å². The van der Waals surface area contributed by atoms with Gasteiger partial charge in [-0.3, -0.25) is 0 Å². The monoisotopic (exact) mass is 391 g/mol. The van der Waals surface area contributed by atoms with Gasteiger partial charge in [-0.25, -0.2) is 9.97 Å². The summed E-state index contributed by atoms with van der Waals surface area (Å²) in [5.74, 6) is 1.71. The number of nitrogens with one attached hydrogen (secondary N) is 1. The Morgan fingerprint density at radius 2 is 2.06 bits per heavy atom. The van der Waals surface area contributed by atoms with Crippen molar-refractivity contribution in [1.29, 1.82) is 0 Å². The van der Waals surface area contributed by atoms with Crippen LogP contribution in [0.2, 0.25) is 5.02 Å². The van der Waals surface area contributed by atoms with E-state index in [0.29, 0.717) is 26.9 Å². The van der Waals surface area contributed by atoms with Crippen LogP contribution in [0.1, 0.15) is 0 Å². The normalized spacial score (nSPS) is 10.2. The average Bonchev–Trinajstić information content (AvgIpc) is 2.35. The summed E-state index contributed by atoms with van der Waals surface area (Å²) in [6.45, 7) is 0. The number of nitrogens with zero attached hydrogens (tertiary/aromatic N) is 2. The lowest BCUT2D eigenvalue weighted by atomic mass is 10.3. The SMILES string of the molecule is CNc1ncnc(Oc2ccc(Cl)cc2Br)c1Br. The Kier molecular flexibility index (Phi) is 4.42. The Hall–Kier alpha value is -0.850. The van der Waals surface area contributed by atoms with Gasteiger partial charge in [-0.05, 0) is 50.1 Å². The topological polar surface area (TPSA) is 47.0 Å². The van der Waals surface area contributed by atoms with Crippen LogP contribution >= 0.6 is 43.5 Å². The average molecular weight is 393 g/mol. The van der Waals surface area contributed by atoms with Gasteiger partial charge in [-0.2, -0.15) is 0 Å². The summed E-state index contributed by atoms with van der Waals surface area (Å²) in [5, 5.41) is 3.57. The van der Waals surface area contributed by atoms with Crippen LogP contribution < -0.4 is 10.1 Å². The largest absolute Gasteiger partial charge is 0.436 e. The molecule has 18 heavy (non-hydrogen) atoms. The van der Waals surface area contributed by atoms with E-state index < -0.39 is 0 Å². The highest BCUT2D eigenvalue weighted by atomic mass is 79.9. The third-order valence-electron chi connectivity index (χ3n) is 2.09. The number of benzene rings is 1. The molecule has 0 atom stereocenters. The maximum absolute atomic E-state index is 5.87. The zero-order valence-corrected chi connectivity index (χ0v) is 13.2. The summed E-state index contributed by atoms with van der Waals surface area (Å²) in [6, 6.07) is 5.26. The molecule has 0 radical (unpaired) electrons. The van der Waals surface area contributed by atoms with Crippen molar-refractivity contribution in [3.8, 4) is 11.6 Å². The van der Waals surface area contributed by atoms with E-state index in [1.165, 1.54) is 6.33 Å². The van der Waals surface area contributed by atoms with Gasteiger partial charge < -0.3 is 10.1 Å². The first kappa shape index (κ1) is 13.6. The van der Waals surface area contributed by atoms with Gasteiger partial charge >= 0.3 is 0 Å². The first-order chi connectivity index (χ1) is 8.61. The molecule has 4 nitrogen and oxygen atoms in total. The molecule has 0 unspecified atom stereocenters. The molecule has 2 rings (SSSR count). The quantitative estimate of drug-likeness (QED) is 0.835. The highest BCUT2D eigenvalue weighted by Crippen LogP contribution is 2.35. The first-order valence-corrected chi connectivity index (χ1v) is 6.89. The predicted molar refractivity (Wildman–Crippen MR) is 78.5 cm³/mol. The molecule has 1 heterocycles. The van der Waals surface area contributed by atoms with Crippen molar-refractivity contribution in [2.75, 3.05) is 12.4 Å². The van der Waals surface area contributed by atoms with Crippen LogP contribution in [0.5, 0.6) is 11.6 Å². The van der Waals surface area contributed by atoms with E-state index in [2.05, 4.69) is 47.1 Å². The van der Waals surface area contributed by atoms with E-state index in [4.69, 9.17) is 16.3 Å². The van der Waals surface area contributed by atoms with Crippen molar-refractivity contribution in [3.63, 3.8) is 0 Å². The Bertz CT molecular complexity index is 580. The van der Waals surface area contributed by atoms with Gasteiger partial charge in [0.2, 0.25) is 5.88 Å². The number of hydrogen-bond acceptors (Lipinski definition) is 4. The Morgan fingerprint density at radius 1 is 1.28 bits per heavy atom. The molecule has 0 spiro atoms. The van der Waals surface area contributed by atoms with Crippen molar-refractivity contribution < 1.29 is 4.74 Å². The molecule has 7 heteroatoms. The van der Waals surface area contributed by atoms with E-state index in [9.17, 15) is 0 Å². The van der Waals surface area contributed by atoms with E-state index in [1.807, 2.05) is 0 Å². The van der Waals surface area contributed by atoms with E-state index >= 15 is 0 Å². The minimum Gasteiger partial charge on any atom is -0.436 e. The first-order valence-electron chi connectivity index (χ1n) is 4.93. The fraction of sp³-hybridized carbons (Fsp3) is 0.0909. The molecule has 1 aromatic carbocycles. The zero-order chi connectivity index (χ0) is 13.1. The molecule has 2 aromatic rings. The fourth-order valence-corrected chi connectivity index (χ4v) is 2.51. The van der Waals surface area contributed by atoms with Crippen LogP contribution in [-0.4, -0.2) is 17.0 Å². The molecule has 0 bridgehead atoms. The van der Waals surface area contributed by atoms with Crippen molar-refractivity contribution in [2.45, 2.75) is 0 Å². The van der Waals surface area contributed by atoms with Gasteiger partial charge in [0.25, 0.3) is 0 Å². The van der Waals surface area contributed by atoms with Gasteiger partial charge in [0.1, 0.15) is 22.4 Å². The maximum Gasteiger partial charge on any atom is 0.238 e. The van der Waals surface area contributed by atoms with Gasteiger partial charge in [0, 0.05) is 12.1 Å². The Balaban J connectivity index is 2.34. The molecular formula is C11H8Br2ClN3O. The van der Waals surface area contributed by atoms with Crippen LogP contribution in [0.4, 0.5) is 5.82 Å². The summed E-state index contributed by atoms with van der Waals surface area (Å²) in [4.78, 5) is 8.13. The highest BCUT2D eigenvalue weighted by Gasteiger charge is 2.11. The summed E-state index contributed by atoms with van der Waals surface area (Å²) in [6.07, 6.45) is 1.43. The minimum absolute atomic E-state index is 0.428. The molecule has 0 fully saturated rings. The van der Waals surface area contributed by atoms with Crippen LogP contribution in [0, 0.1) is 0 Å². The standard InChI is InChI=1S/C11H8Br2ClN3O/c1-15-10-9(13)11(17-5-16-10)18-8-3-2-6(14)4-7(8)12/h2-5H,1H3,(H,15,16,17). The molecule has 0 amide bonds. The molecule has 0 aliphatic heterocycles. The van der Waals surface area contributed by atoms with E-state index in [0.717, 1.165) is 4.47 Å². The number of anilines is 1. The molecular weight excluding hydrogens is 385 g/mol. The molecule has 0 saturated carbocycles. The lowest BCUT2D eigenvalue weighted by Gasteiger charge is -2.10. The number of aromatic nitrogens is 2. The van der Waals surface area contributed by atoms with Gasteiger partial charge in [-0.1, -0.05) is 11.6 Å². The van der Waals surface area contributed by atoms with Crippen molar-refractivity contribution in [2.24, 2.45) is 0 Å². The molecule has 1 N–H and O–H groups in total. The number of halogens is 3. The van der Waals surface area contributed by atoms with Crippen molar-refractivity contribution >= 4 is 49.3 Å². The minimum atomic E-state index is 0.428. The fourth-order valence-electron chi connectivity index (χ4n) is 1.26. The maximum atomic E-state index is 5.87. The number of rotatable bonds is 3. The van der Waals surface area contributed by atoms with Crippen molar-refractivity contribution in [3.05, 3.63) is 38.5 Å². The molecule has 94 valence electrons. The van der Waals surface area contributed by atoms with Crippen LogP contribution in [0.25, 0.3) is 0 Å². The molecule has 0 aliphatic carbocycles. The molecule has 1 aromatic heterocycles. The van der Waals surface area contributed by atoms with Gasteiger partial charge in [0.15, 0.2) is 0 Å². The Morgan fingerprint density at radius 3 is 2.72 bits per heavy atom. The van der Waals surface area contributed by atoms with Gasteiger partial charge in [0.05, 0.1) is 4.47 Å². The van der Waals surface area contributed by atoms with Crippen LogP contribution in [0.3, 0.4) is 0 Å². The number of ether oxygens (including phenoxy) is 1. The number of hydrogen-bond donors (Lipinski definition) is 1. The molecule has 0 aliphatic rings. The summed E-state index contributed by atoms with van der Waals surface area (Å²) < 4.78 is 7.11.